The Kier molecular flexibility index (Phi) is 3.25. The molecule has 0 aliphatic rings. The minimum Gasteiger partial charge on any atom is -0.306 e. The molecule has 1 aromatic carbocycles. The van der Waals surface area contributed by atoms with E-state index in [0.29, 0.717) is 11.1 Å². The van der Waals surface area contributed by atoms with Crippen molar-refractivity contribution in [1.82, 2.24) is 9.55 Å². The molecule has 0 aliphatic heterocycles. The van der Waals surface area contributed by atoms with Crippen molar-refractivity contribution in [2.75, 3.05) is 0 Å². The van der Waals surface area contributed by atoms with Gasteiger partial charge in [0.05, 0.1) is 16.8 Å². The van der Waals surface area contributed by atoms with Gasteiger partial charge >= 0.3 is 5.69 Å². The minimum atomic E-state index is -3.59. The van der Waals surface area contributed by atoms with E-state index in [-0.39, 0.29) is 17.5 Å². The number of nitrogens with one attached hydrogen (secondary N) is 1. The lowest BCUT2D eigenvalue weighted by Gasteiger charge is -2.06. The second-order valence-electron chi connectivity index (χ2n) is 4.43. The Morgan fingerprint density at radius 3 is 2.61 bits per heavy atom. The fourth-order valence-corrected chi connectivity index (χ4v) is 2.94. The summed E-state index contributed by atoms with van der Waals surface area (Å²) in [6.07, 6.45) is 0. The van der Waals surface area contributed by atoms with Crippen LogP contribution in [0.15, 0.2) is 23.0 Å². The lowest BCUT2D eigenvalue weighted by molar-refractivity contribution is 0.598. The summed E-state index contributed by atoms with van der Waals surface area (Å²) in [7, 11) is 1.61. The van der Waals surface area contributed by atoms with Gasteiger partial charge in [-0.05, 0) is 31.5 Å². The zero-order chi connectivity index (χ0) is 13.5. The maximum Gasteiger partial charge on any atom is 0.326 e. The van der Waals surface area contributed by atoms with Gasteiger partial charge in [0.25, 0.3) is 0 Å². The third-order valence-electron chi connectivity index (χ3n) is 2.64. The topological polar surface area (TPSA) is 71.9 Å². The summed E-state index contributed by atoms with van der Waals surface area (Å²) >= 11 is 0. The highest BCUT2D eigenvalue weighted by Gasteiger charge is 2.12. The van der Waals surface area contributed by atoms with E-state index in [1.807, 2.05) is 13.8 Å². The maximum atomic E-state index is 11.7. The lowest BCUT2D eigenvalue weighted by Crippen LogP contribution is -2.18. The minimum absolute atomic E-state index is 0.0360. The van der Waals surface area contributed by atoms with Gasteiger partial charge in [0.2, 0.25) is 9.05 Å². The molecule has 0 spiro atoms. The molecule has 0 unspecified atom stereocenters. The van der Waals surface area contributed by atoms with Crippen LogP contribution >= 0.6 is 10.7 Å². The molecule has 5 nitrogen and oxygen atoms in total. The Bertz CT molecular complexity index is 743. The van der Waals surface area contributed by atoms with Gasteiger partial charge in [0.1, 0.15) is 0 Å². The zero-order valence-corrected chi connectivity index (χ0v) is 11.5. The summed E-state index contributed by atoms with van der Waals surface area (Å²) in [5.41, 5.74) is 1.72. The molecule has 18 heavy (non-hydrogen) atoms. The molecular weight excluding hydrogens is 276 g/mol. The highest BCUT2D eigenvalue weighted by molar-refractivity contribution is 8.13. The van der Waals surface area contributed by atoms with Gasteiger partial charge in [-0.2, -0.15) is 0 Å². The van der Waals surface area contributed by atoms with E-state index in [1.54, 1.807) is 22.8 Å². The first-order valence-electron chi connectivity index (χ1n) is 5.43. The van der Waals surface area contributed by atoms with Gasteiger partial charge in [0.15, 0.2) is 0 Å². The fraction of sp³-hybridized carbons (Fsp3) is 0.364. The number of H-pyrrole nitrogens is 1. The van der Waals surface area contributed by atoms with E-state index in [0.717, 1.165) is 5.52 Å². The van der Waals surface area contributed by atoms with E-state index < -0.39 is 9.05 Å². The predicted octanol–water partition coefficient (Wildman–Crippen LogP) is 1.98. The van der Waals surface area contributed by atoms with Crippen LogP contribution in [0, 0.1) is 0 Å². The van der Waals surface area contributed by atoms with Crippen molar-refractivity contribution in [3.8, 4) is 0 Å². The van der Waals surface area contributed by atoms with E-state index in [4.69, 9.17) is 10.7 Å². The van der Waals surface area contributed by atoms with Gasteiger partial charge in [-0.1, -0.05) is 6.07 Å². The molecule has 0 saturated heterocycles. The van der Waals surface area contributed by atoms with E-state index in [1.165, 1.54) is 0 Å². The fourth-order valence-electron chi connectivity index (χ4n) is 1.98. The summed E-state index contributed by atoms with van der Waals surface area (Å²) in [6.45, 7) is 3.82. The summed E-state index contributed by atoms with van der Waals surface area (Å²) in [4.78, 5) is 14.4. The number of hydrogen-bond acceptors (Lipinski definition) is 3. The van der Waals surface area contributed by atoms with E-state index in [9.17, 15) is 13.2 Å². The van der Waals surface area contributed by atoms with Crippen LogP contribution in [-0.2, 0) is 14.8 Å². The second kappa shape index (κ2) is 4.44. The third kappa shape index (κ3) is 2.59. The highest BCUT2D eigenvalue weighted by Crippen LogP contribution is 2.18. The molecule has 0 amide bonds. The summed E-state index contributed by atoms with van der Waals surface area (Å²) in [6, 6.07) is 5.06. The van der Waals surface area contributed by atoms with Crippen LogP contribution in [0.1, 0.15) is 25.5 Å². The first-order valence-corrected chi connectivity index (χ1v) is 7.91. The Morgan fingerprint density at radius 1 is 1.39 bits per heavy atom. The van der Waals surface area contributed by atoms with Crippen molar-refractivity contribution in [3.63, 3.8) is 0 Å². The third-order valence-corrected chi connectivity index (χ3v) is 3.64. The van der Waals surface area contributed by atoms with Crippen LogP contribution in [-0.4, -0.2) is 18.0 Å². The van der Waals surface area contributed by atoms with Gasteiger partial charge in [-0.3, -0.25) is 4.57 Å². The van der Waals surface area contributed by atoms with Crippen LogP contribution in [0.25, 0.3) is 11.0 Å². The molecule has 1 heterocycles. The summed E-state index contributed by atoms with van der Waals surface area (Å²) in [5.74, 6) is -0.251. The molecule has 98 valence electrons. The quantitative estimate of drug-likeness (QED) is 0.878. The first-order chi connectivity index (χ1) is 8.28. The van der Waals surface area contributed by atoms with Crippen LogP contribution < -0.4 is 5.69 Å². The summed E-state index contributed by atoms with van der Waals surface area (Å²) < 4.78 is 23.6. The molecule has 1 N–H and O–H groups in total. The van der Waals surface area contributed by atoms with Crippen LogP contribution in [0.4, 0.5) is 0 Å². The van der Waals surface area contributed by atoms with Crippen LogP contribution in [0.5, 0.6) is 0 Å². The summed E-state index contributed by atoms with van der Waals surface area (Å²) in [5, 5.41) is 0. The number of hydrogen-bond donors (Lipinski definition) is 1. The number of aromatic nitrogens is 2. The predicted molar refractivity (Wildman–Crippen MR) is 71.4 cm³/mol. The largest absolute Gasteiger partial charge is 0.326 e. The Hall–Kier alpha value is -1.27. The van der Waals surface area contributed by atoms with Crippen molar-refractivity contribution < 1.29 is 8.42 Å². The molecule has 1 aromatic heterocycles. The Balaban J connectivity index is 2.58. The van der Waals surface area contributed by atoms with Gasteiger partial charge in [0, 0.05) is 16.7 Å². The number of rotatable bonds is 3. The van der Waals surface area contributed by atoms with Crippen molar-refractivity contribution >= 4 is 30.8 Å². The molecule has 0 saturated carbocycles. The van der Waals surface area contributed by atoms with Crippen LogP contribution in [0.2, 0.25) is 0 Å². The maximum absolute atomic E-state index is 11.7. The average Bonchev–Trinajstić information content (AvgIpc) is 2.50. The van der Waals surface area contributed by atoms with Gasteiger partial charge in [-0.25, -0.2) is 13.2 Å². The number of benzene rings is 1. The Labute approximate surface area is 109 Å². The first kappa shape index (κ1) is 13.2. The number of fused-ring (bicyclic) bond motifs is 1. The standard InChI is InChI=1S/C11H13ClN2O3S/c1-7(2)14-10-4-3-8(6-18(12,16)17)5-9(10)13-11(14)15/h3-5,7H,6H2,1-2H3,(H,13,15). The molecule has 0 radical (unpaired) electrons. The van der Waals surface area contributed by atoms with Gasteiger partial charge < -0.3 is 4.98 Å². The number of imidazole rings is 1. The molecule has 2 rings (SSSR count). The molecule has 0 fully saturated rings. The Morgan fingerprint density at radius 2 is 2.06 bits per heavy atom. The number of aromatic amines is 1. The molecular formula is C11H13ClN2O3S. The van der Waals surface area contributed by atoms with Crippen molar-refractivity contribution in [2.45, 2.75) is 25.6 Å². The smallest absolute Gasteiger partial charge is 0.306 e. The zero-order valence-electron chi connectivity index (χ0n) is 9.97. The van der Waals surface area contributed by atoms with E-state index in [2.05, 4.69) is 4.98 Å². The molecule has 0 atom stereocenters. The SMILES string of the molecule is CC(C)n1c(=O)[nH]c2cc(CS(=O)(=O)Cl)ccc21. The van der Waals surface area contributed by atoms with Crippen molar-refractivity contribution in [2.24, 2.45) is 0 Å². The number of nitrogens with zero attached hydrogens (tertiary/aromatic N) is 1. The monoisotopic (exact) mass is 288 g/mol. The molecule has 0 bridgehead atoms. The lowest BCUT2D eigenvalue weighted by atomic mass is 10.2. The normalized spacial score (nSPS) is 12.4. The van der Waals surface area contributed by atoms with Crippen LogP contribution in [0.3, 0.4) is 0 Å². The number of halogens is 1. The van der Waals surface area contributed by atoms with Crippen molar-refractivity contribution in [1.29, 1.82) is 0 Å². The highest BCUT2D eigenvalue weighted by atomic mass is 35.7. The average molecular weight is 289 g/mol. The second-order valence-corrected chi connectivity index (χ2v) is 7.21. The molecule has 2 aromatic rings. The van der Waals surface area contributed by atoms with Crippen molar-refractivity contribution in [3.05, 3.63) is 34.2 Å². The van der Waals surface area contributed by atoms with E-state index >= 15 is 0 Å². The van der Waals surface area contributed by atoms with Gasteiger partial charge in [-0.15, -0.1) is 0 Å². The molecule has 0 aliphatic carbocycles. The molecule has 7 heteroatoms.